The molecule has 4 rings (SSSR count). The van der Waals surface area contributed by atoms with Crippen molar-refractivity contribution in [2.45, 2.75) is 25.8 Å². The van der Waals surface area contributed by atoms with E-state index in [1.807, 2.05) is 30.3 Å². The highest BCUT2D eigenvalue weighted by molar-refractivity contribution is 7.17. The van der Waals surface area contributed by atoms with Gasteiger partial charge in [-0.05, 0) is 54.6 Å². The summed E-state index contributed by atoms with van der Waals surface area (Å²) in [5.74, 6) is 0.0193. The van der Waals surface area contributed by atoms with E-state index in [4.69, 9.17) is 0 Å². The average Bonchev–Trinajstić information content (AvgIpc) is 3.39. The number of carbonyl (C=O) groups is 1. The van der Waals surface area contributed by atoms with Crippen LogP contribution in [0.4, 0.5) is 0 Å². The number of benzene rings is 3. The molecule has 4 aromatic rings. The minimum absolute atomic E-state index is 0.0193. The normalized spacial score (nSPS) is 11.0. The monoisotopic (exact) mass is 468 g/mol. The first-order valence-corrected chi connectivity index (χ1v) is 12.8. The quantitative estimate of drug-likeness (QED) is 0.236. The first-order chi connectivity index (χ1) is 16.8. The predicted octanol–water partition coefficient (Wildman–Crippen LogP) is 6.67. The highest BCUT2D eigenvalue weighted by Gasteiger charge is 2.11. The van der Waals surface area contributed by atoms with Crippen LogP contribution < -0.4 is 5.32 Å². The maximum Gasteiger partial charge on any atom is 0.261 e. The predicted molar refractivity (Wildman–Crippen MR) is 143 cm³/mol. The fraction of sp³-hybridized carbons (Fsp3) is 0.233. The maximum atomic E-state index is 12.6. The van der Waals surface area contributed by atoms with E-state index in [-0.39, 0.29) is 5.91 Å². The van der Waals surface area contributed by atoms with Crippen LogP contribution in [0.1, 0.15) is 33.6 Å². The van der Waals surface area contributed by atoms with Gasteiger partial charge in [0, 0.05) is 24.5 Å². The van der Waals surface area contributed by atoms with Crippen LogP contribution in [0.2, 0.25) is 0 Å². The molecule has 3 nitrogen and oxygen atoms in total. The third kappa shape index (κ3) is 7.41. The van der Waals surface area contributed by atoms with Gasteiger partial charge >= 0.3 is 0 Å². The van der Waals surface area contributed by atoms with Crippen molar-refractivity contribution < 1.29 is 4.79 Å². The summed E-state index contributed by atoms with van der Waals surface area (Å²) >= 11 is 1.55. The van der Waals surface area contributed by atoms with Crippen molar-refractivity contribution in [3.05, 3.63) is 119 Å². The van der Waals surface area contributed by atoms with E-state index in [0.29, 0.717) is 6.54 Å². The molecule has 3 aromatic carbocycles. The van der Waals surface area contributed by atoms with Crippen LogP contribution in [0.15, 0.2) is 103 Å². The van der Waals surface area contributed by atoms with Gasteiger partial charge in [-0.3, -0.25) is 9.69 Å². The van der Waals surface area contributed by atoms with Crippen LogP contribution in [-0.4, -0.2) is 30.4 Å². The lowest BCUT2D eigenvalue weighted by Crippen LogP contribution is -2.30. The van der Waals surface area contributed by atoms with Crippen molar-refractivity contribution in [3.8, 4) is 10.4 Å². The molecule has 34 heavy (non-hydrogen) atoms. The Bertz CT molecular complexity index is 1130. The first kappa shape index (κ1) is 23.9. The Morgan fingerprint density at radius 1 is 0.706 bits per heavy atom. The third-order valence-corrected chi connectivity index (χ3v) is 6.99. The number of nitrogens with one attached hydrogen (secondary N) is 1. The second-order valence-corrected chi connectivity index (χ2v) is 9.57. The molecule has 0 fully saturated rings. The van der Waals surface area contributed by atoms with E-state index in [9.17, 15) is 4.79 Å². The van der Waals surface area contributed by atoms with Crippen LogP contribution in [0.25, 0.3) is 10.4 Å². The molecule has 174 valence electrons. The Labute approximate surface area is 207 Å². The number of carbonyl (C=O) groups excluding carboxylic acids is 1. The Kier molecular flexibility index (Phi) is 9.06. The fourth-order valence-electron chi connectivity index (χ4n) is 4.07. The molecule has 1 amide bonds. The minimum atomic E-state index is 0.0193. The molecular formula is C30H32N2OS. The van der Waals surface area contributed by atoms with Crippen molar-refractivity contribution in [2.75, 3.05) is 19.6 Å². The van der Waals surface area contributed by atoms with Gasteiger partial charge in [0.1, 0.15) is 0 Å². The van der Waals surface area contributed by atoms with Gasteiger partial charge in [-0.1, -0.05) is 91.0 Å². The van der Waals surface area contributed by atoms with Gasteiger partial charge in [0.25, 0.3) is 5.91 Å². The van der Waals surface area contributed by atoms with E-state index in [1.165, 1.54) is 11.1 Å². The van der Waals surface area contributed by atoms with E-state index < -0.39 is 0 Å². The van der Waals surface area contributed by atoms with Gasteiger partial charge in [-0.2, -0.15) is 0 Å². The molecule has 0 aliphatic carbocycles. The molecule has 0 atom stereocenters. The van der Waals surface area contributed by atoms with Crippen molar-refractivity contribution in [1.29, 1.82) is 0 Å². The van der Waals surface area contributed by atoms with E-state index >= 15 is 0 Å². The van der Waals surface area contributed by atoms with Crippen LogP contribution >= 0.6 is 11.3 Å². The zero-order chi connectivity index (χ0) is 23.4. The number of hydrogen-bond donors (Lipinski definition) is 1. The fourth-order valence-corrected chi connectivity index (χ4v) is 5.00. The SMILES string of the molecule is O=C(NCCCN(CCCc1ccccc1)Cc1ccccc1)c1ccc(-c2ccccc2)s1. The molecule has 1 N–H and O–H groups in total. The molecule has 1 aromatic heterocycles. The lowest BCUT2D eigenvalue weighted by molar-refractivity contribution is 0.0955. The highest BCUT2D eigenvalue weighted by atomic mass is 32.1. The molecule has 1 heterocycles. The van der Waals surface area contributed by atoms with Crippen LogP contribution in [-0.2, 0) is 13.0 Å². The summed E-state index contributed by atoms with van der Waals surface area (Å²) in [6, 6.07) is 35.5. The number of amides is 1. The third-order valence-electron chi connectivity index (χ3n) is 5.86. The number of aryl methyl sites for hydroxylation is 1. The van der Waals surface area contributed by atoms with Crippen LogP contribution in [0.3, 0.4) is 0 Å². The summed E-state index contributed by atoms with van der Waals surface area (Å²) < 4.78 is 0. The second-order valence-electron chi connectivity index (χ2n) is 8.49. The second kappa shape index (κ2) is 12.9. The van der Waals surface area contributed by atoms with Crippen molar-refractivity contribution in [2.24, 2.45) is 0 Å². The number of hydrogen-bond acceptors (Lipinski definition) is 3. The Morgan fingerprint density at radius 3 is 2.03 bits per heavy atom. The summed E-state index contributed by atoms with van der Waals surface area (Å²) in [5, 5.41) is 3.11. The van der Waals surface area contributed by atoms with Crippen molar-refractivity contribution >= 4 is 17.2 Å². The highest BCUT2D eigenvalue weighted by Crippen LogP contribution is 2.27. The molecular weight excluding hydrogens is 436 g/mol. The van der Waals surface area contributed by atoms with E-state index in [1.54, 1.807) is 11.3 Å². The zero-order valence-corrected chi connectivity index (χ0v) is 20.3. The average molecular weight is 469 g/mol. The molecule has 0 bridgehead atoms. The number of nitrogens with zero attached hydrogens (tertiary/aromatic N) is 1. The van der Waals surface area contributed by atoms with Gasteiger partial charge in [-0.15, -0.1) is 11.3 Å². The summed E-state index contributed by atoms with van der Waals surface area (Å²) in [5.41, 5.74) is 3.87. The summed E-state index contributed by atoms with van der Waals surface area (Å²) in [7, 11) is 0. The molecule has 0 unspecified atom stereocenters. The standard InChI is InChI=1S/C30H32N2OS/c33-30(29-20-19-28(34-29)27-17-8-3-9-18-27)31-21-11-23-32(24-26-14-6-2-7-15-26)22-10-16-25-12-4-1-5-13-25/h1-9,12-15,17-20H,10-11,16,21-24H2,(H,31,33). The summed E-state index contributed by atoms with van der Waals surface area (Å²) in [6.07, 6.45) is 3.15. The topological polar surface area (TPSA) is 32.3 Å². The summed E-state index contributed by atoms with van der Waals surface area (Å²) in [4.78, 5) is 17.0. The molecule has 4 heteroatoms. The smallest absolute Gasteiger partial charge is 0.261 e. The van der Waals surface area contributed by atoms with E-state index in [0.717, 1.165) is 54.2 Å². The minimum Gasteiger partial charge on any atom is -0.351 e. The summed E-state index contributed by atoms with van der Waals surface area (Å²) in [6.45, 7) is 3.63. The Morgan fingerprint density at radius 2 is 1.32 bits per heavy atom. The zero-order valence-electron chi connectivity index (χ0n) is 19.5. The maximum absolute atomic E-state index is 12.6. The van der Waals surface area contributed by atoms with Gasteiger partial charge in [0.2, 0.25) is 0 Å². The largest absolute Gasteiger partial charge is 0.351 e. The molecule has 0 aliphatic heterocycles. The lowest BCUT2D eigenvalue weighted by atomic mass is 10.1. The van der Waals surface area contributed by atoms with Gasteiger partial charge < -0.3 is 5.32 Å². The number of thiophene rings is 1. The van der Waals surface area contributed by atoms with Crippen molar-refractivity contribution in [1.82, 2.24) is 10.2 Å². The van der Waals surface area contributed by atoms with Gasteiger partial charge in [0.05, 0.1) is 4.88 Å². The Balaban J connectivity index is 1.25. The molecule has 0 radical (unpaired) electrons. The molecule has 0 saturated heterocycles. The lowest BCUT2D eigenvalue weighted by Gasteiger charge is -2.22. The van der Waals surface area contributed by atoms with E-state index in [2.05, 4.69) is 83.0 Å². The molecule has 0 saturated carbocycles. The Hall–Kier alpha value is -3.21. The van der Waals surface area contributed by atoms with Crippen molar-refractivity contribution in [3.63, 3.8) is 0 Å². The first-order valence-electron chi connectivity index (χ1n) is 12.0. The van der Waals surface area contributed by atoms with Crippen LogP contribution in [0.5, 0.6) is 0 Å². The molecule has 0 spiro atoms. The van der Waals surface area contributed by atoms with Gasteiger partial charge in [-0.25, -0.2) is 0 Å². The van der Waals surface area contributed by atoms with Crippen LogP contribution in [0, 0.1) is 0 Å². The van der Waals surface area contributed by atoms with Gasteiger partial charge in [0.15, 0.2) is 0 Å². The number of rotatable bonds is 12. The molecule has 0 aliphatic rings.